The van der Waals surface area contributed by atoms with Crippen LogP contribution in [0.15, 0.2) is 24.3 Å². The Kier molecular flexibility index (Phi) is 6.61. The zero-order chi connectivity index (χ0) is 13.5. The molecule has 18 heavy (non-hydrogen) atoms. The fourth-order valence-electron chi connectivity index (χ4n) is 1.91. The highest BCUT2D eigenvalue weighted by Gasteiger charge is 2.13. The second-order valence-electron chi connectivity index (χ2n) is 4.60. The van der Waals surface area contributed by atoms with Crippen molar-refractivity contribution in [2.24, 2.45) is 5.73 Å². The van der Waals surface area contributed by atoms with Gasteiger partial charge in [-0.3, -0.25) is 4.90 Å². The normalized spacial score (nSPS) is 12.7. The number of unbranched alkanes of at least 4 members (excludes halogenated alkanes) is 1. The lowest BCUT2D eigenvalue weighted by Gasteiger charge is -2.25. The molecule has 0 aliphatic carbocycles. The van der Waals surface area contributed by atoms with Gasteiger partial charge < -0.3 is 5.73 Å². The first-order valence-corrected chi connectivity index (χ1v) is 7.04. The molecule has 0 heterocycles. The van der Waals surface area contributed by atoms with Crippen LogP contribution in [0.5, 0.6) is 0 Å². The Morgan fingerprint density at radius 2 is 2.06 bits per heavy atom. The summed E-state index contributed by atoms with van der Waals surface area (Å²) in [6, 6.07) is 8.33. The molecule has 1 rings (SSSR count). The predicted molar refractivity (Wildman–Crippen MR) is 83.1 cm³/mol. The van der Waals surface area contributed by atoms with Gasteiger partial charge in [0.1, 0.15) is 0 Å². The second-order valence-corrected chi connectivity index (χ2v) is 5.53. The van der Waals surface area contributed by atoms with E-state index in [1.54, 1.807) is 0 Å². The Morgan fingerprint density at radius 3 is 2.67 bits per heavy atom. The van der Waals surface area contributed by atoms with E-state index in [2.05, 4.69) is 24.9 Å². The van der Waals surface area contributed by atoms with Crippen molar-refractivity contribution in [2.75, 3.05) is 13.6 Å². The summed E-state index contributed by atoms with van der Waals surface area (Å²) in [4.78, 5) is 2.91. The molecule has 1 atom stereocenters. The first kappa shape index (κ1) is 15.4. The van der Waals surface area contributed by atoms with Gasteiger partial charge in [0.2, 0.25) is 0 Å². The van der Waals surface area contributed by atoms with Crippen LogP contribution in [0, 0.1) is 0 Å². The number of nitrogens with two attached hydrogens (primary N) is 1. The summed E-state index contributed by atoms with van der Waals surface area (Å²) in [5.41, 5.74) is 6.66. The number of thiocarbonyl (C=S) groups is 1. The minimum absolute atomic E-state index is 0.323. The molecule has 0 saturated heterocycles. The molecule has 100 valence electrons. The van der Waals surface area contributed by atoms with E-state index in [9.17, 15) is 0 Å². The van der Waals surface area contributed by atoms with E-state index in [-0.39, 0.29) is 0 Å². The molecule has 1 unspecified atom stereocenters. The summed E-state index contributed by atoms with van der Waals surface area (Å²) in [5.74, 6) is 0. The Bertz CT molecular complexity index is 395. The number of nitrogens with zero attached hydrogens (tertiary/aromatic N) is 1. The fraction of sp³-hybridized carbons (Fsp3) is 0.500. The van der Waals surface area contributed by atoms with E-state index >= 15 is 0 Å². The summed E-state index contributed by atoms with van der Waals surface area (Å²) in [6.07, 6.45) is 2.99. The van der Waals surface area contributed by atoms with E-state index in [0.29, 0.717) is 11.0 Å². The molecule has 0 bridgehead atoms. The van der Waals surface area contributed by atoms with Crippen molar-refractivity contribution < 1.29 is 0 Å². The van der Waals surface area contributed by atoms with Crippen LogP contribution in [-0.4, -0.2) is 23.5 Å². The Hall–Kier alpha value is -0.640. The Morgan fingerprint density at radius 1 is 1.39 bits per heavy atom. The van der Waals surface area contributed by atoms with Gasteiger partial charge in [-0.2, -0.15) is 0 Å². The van der Waals surface area contributed by atoms with Crippen molar-refractivity contribution in [1.29, 1.82) is 0 Å². The summed E-state index contributed by atoms with van der Waals surface area (Å²) in [7, 11) is 2.12. The Labute approximate surface area is 120 Å². The van der Waals surface area contributed by atoms with E-state index in [1.807, 2.05) is 18.2 Å². The van der Waals surface area contributed by atoms with Crippen LogP contribution >= 0.6 is 23.8 Å². The fourth-order valence-corrected chi connectivity index (χ4v) is 2.34. The number of hydrogen-bond donors (Lipinski definition) is 1. The van der Waals surface area contributed by atoms with Crippen molar-refractivity contribution in [3.63, 3.8) is 0 Å². The van der Waals surface area contributed by atoms with Crippen LogP contribution in [-0.2, 0) is 0 Å². The lowest BCUT2D eigenvalue weighted by atomic mass is 10.1. The lowest BCUT2D eigenvalue weighted by molar-refractivity contribution is 0.257. The molecular weight excluding hydrogens is 264 g/mol. The molecule has 2 N–H and O–H groups in total. The van der Waals surface area contributed by atoms with Crippen LogP contribution in [0.2, 0.25) is 5.02 Å². The van der Waals surface area contributed by atoms with Crippen LogP contribution in [0.1, 0.15) is 37.8 Å². The standard InChI is InChI=1S/C14H21ClN2S/c1-11(12-7-3-4-8-13(12)15)17(2)10-6-5-9-14(16)18/h3-4,7-8,11H,5-6,9-10H2,1-2H3,(H2,16,18). The van der Waals surface area contributed by atoms with Crippen molar-refractivity contribution in [3.8, 4) is 0 Å². The SMILES string of the molecule is CC(c1ccccc1Cl)N(C)CCCCC(N)=S. The van der Waals surface area contributed by atoms with E-state index < -0.39 is 0 Å². The van der Waals surface area contributed by atoms with Gasteiger partial charge in [-0.15, -0.1) is 0 Å². The topological polar surface area (TPSA) is 29.3 Å². The van der Waals surface area contributed by atoms with Crippen LogP contribution < -0.4 is 5.73 Å². The number of halogens is 1. The molecule has 4 heteroatoms. The number of hydrogen-bond acceptors (Lipinski definition) is 2. The number of rotatable bonds is 7. The van der Waals surface area contributed by atoms with Gasteiger partial charge in [0.05, 0.1) is 4.99 Å². The van der Waals surface area contributed by atoms with Gasteiger partial charge in [0, 0.05) is 11.1 Å². The summed E-state index contributed by atoms with van der Waals surface area (Å²) in [5, 5.41) is 0.833. The van der Waals surface area contributed by atoms with Crippen molar-refractivity contribution in [1.82, 2.24) is 4.90 Å². The van der Waals surface area contributed by atoms with Crippen molar-refractivity contribution >= 4 is 28.8 Å². The maximum Gasteiger partial charge on any atom is 0.0727 e. The molecule has 0 amide bonds. The highest BCUT2D eigenvalue weighted by molar-refractivity contribution is 7.80. The van der Waals surface area contributed by atoms with E-state index in [4.69, 9.17) is 29.6 Å². The monoisotopic (exact) mass is 284 g/mol. The first-order valence-electron chi connectivity index (χ1n) is 6.25. The molecule has 0 fully saturated rings. The maximum absolute atomic E-state index is 6.21. The summed E-state index contributed by atoms with van der Waals surface area (Å²) >= 11 is 11.1. The molecule has 0 aromatic heterocycles. The molecule has 1 aromatic carbocycles. The largest absolute Gasteiger partial charge is 0.393 e. The minimum Gasteiger partial charge on any atom is -0.393 e. The third kappa shape index (κ3) is 4.92. The highest BCUT2D eigenvalue weighted by atomic mass is 35.5. The van der Waals surface area contributed by atoms with Crippen LogP contribution in [0.3, 0.4) is 0 Å². The van der Waals surface area contributed by atoms with Gasteiger partial charge >= 0.3 is 0 Å². The van der Waals surface area contributed by atoms with E-state index in [0.717, 1.165) is 30.8 Å². The van der Waals surface area contributed by atoms with Gasteiger partial charge in [0.15, 0.2) is 0 Å². The van der Waals surface area contributed by atoms with Gasteiger partial charge in [0.25, 0.3) is 0 Å². The Balaban J connectivity index is 2.44. The molecule has 0 spiro atoms. The highest BCUT2D eigenvalue weighted by Crippen LogP contribution is 2.26. The average Bonchev–Trinajstić information content (AvgIpc) is 2.34. The predicted octanol–water partition coefficient (Wildman–Crippen LogP) is 3.79. The second kappa shape index (κ2) is 7.72. The zero-order valence-corrected chi connectivity index (χ0v) is 12.6. The minimum atomic E-state index is 0.323. The lowest BCUT2D eigenvalue weighted by Crippen LogP contribution is -2.24. The molecule has 0 aliphatic rings. The molecular formula is C14H21ClN2S. The van der Waals surface area contributed by atoms with Crippen LogP contribution in [0.4, 0.5) is 0 Å². The van der Waals surface area contributed by atoms with Crippen LogP contribution in [0.25, 0.3) is 0 Å². The molecule has 0 radical (unpaired) electrons. The summed E-state index contributed by atoms with van der Waals surface area (Å²) < 4.78 is 0. The van der Waals surface area contributed by atoms with Gasteiger partial charge in [-0.25, -0.2) is 0 Å². The number of benzene rings is 1. The maximum atomic E-state index is 6.21. The van der Waals surface area contributed by atoms with Crippen molar-refractivity contribution in [3.05, 3.63) is 34.9 Å². The molecule has 0 aliphatic heterocycles. The van der Waals surface area contributed by atoms with E-state index in [1.165, 1.54) is 5.56 Å². The molecule has 1 aromatic rings. The third-order valence-electron chi connectivity index (χ3n) is 3.20. The smallest absolute Gasteiger partial charge is 0.0727 e. The summed E-state index contributed by atoms with van der Waals surface area (Å²) in [6.45, 7) is 3.20. The molecule has 2 nitrogen and oxygen atoms in total. The zero-order valence-electron chi connectivity index (χ0n) is 11.0. The van der Waals surface area contributed by atoms with Gasteiger partial charge in [-0.1, -0.05) is 42.0 Å². The van der Waals surface area contributed by atoms with Gasteiger partial charge in [-0.05, 0) is 51.4 Å². The first-order chi connectivity index (χ1) is 8.52. The quantitative estimate of drug-likeness (QED) is 0.610. The van der Waals surface area contributed by atoms with Crippen molar-refractivity contribution in [2.45, 2.75) is 32.2 Å². The third-order valence-corrected chi connectivity index (χ3v) is 3.75. The molecule has 0 saturated carbocycles. The average molecular weight is 285 g/mol.